The van der Waals surface area contributed by atoms with Gasteiger partial charge in [0.2, 0.25) is 0 Å². The highest BCUT2D eigenvalue weighted by Crippen LogP contribution is 2.27. The standard InChI is InChI=1S/C18H18O4/c1-11-9-12(2)17(16(10-11)13(3)19)22-18(20)14-5-7-15(21-4)8-6-14/h5-10H,1-4H3. The highest BCUT2D eigenvalue weighted by atomic mass is 16.5. The molecular formula is C18H18O4. The molecule has 0 saturated heterocycles. The molecule has 2 rings (SSSR count). The van der Waals surface area contributed by atoms with E-state index in [0.29, 0.717) is 22.6 Å². The van der Waals surface area contributed by atoms with Crippen LogP contribution in [0.1, 0.15) is 38.8 Å². The summed E-state index contributed by atoms with van der Waals surface area (Å²) in [5.41, 5.74) is 2.52. The SMILES string of the molecule is COc1ccc(C(=O)Oc2c(C)cc(C)cc2C(C)=O)cc1. The number of Topliss-reactive ketones (excluding diaryl/α,β-unsaturated/α-hetero) is 1. The molecule has 0 saturated carbocycles. The highest BCUT2D eigenvalue weighted by molar-refractivity contribution is 5.99. The number of methoxy groups -OCH3 is 1. The predicted molar refractivity (Wildman–Crippen MR) is 83.9 cm³/mol. The molecule has 0 unspecified atom stereocenters. The zero-order valence-electron chi connectivity index (χ0n) is 13.1. The van der Waals surface area contributed by atoms with Crippen molar-refractivity contribution in [1.29, 1.82) is 0 Å². The first-order valence-corrected chi connectivity index (χ1v) is 6.90. The maximum absolute atomic E-state index is 12.3. The Balaban J connectivity index is 2.33. The molecule has 0 atom stereocenters. The van der Waals surface area contributed by atoms with Gasteiger partial charge in [0.15, 0.2) is 5.78 Å². The number of esters is 1. The maximum Gasteiger partial charge on any atom is 0.343 e. The molecule has 0 aromatic heterocycles. The van der Waals surface area contributed by atoms with Crippen molar-refractivity contribution < 1.29 is 19.1 Å². The van der Waals surface area contributed by atoms with Crippen LogP contribution in [0.3, 0.4) is 0 Å². The first-order chi connectivity index (χ1) is 10.4. The first-order valence-electron chi connectivity index (χ1n) is 6.90. The molecule has 0 aliphatic carbocycles. The van der Waals surface area contributed by atoms with E-state index in [0.717, 1.165) is 11.1 Å². The van der Waals surface area contributed by atoms with Crippen LogP contribution in [0.2, 0.25) is 0 Å². The van der Waals surface area contributed by atoms with E-state index in [2.05, 4.69) is 0 Å². The largest absolute Gasteiger partial charge is 0.497 e. The van der Waals surface area contributed by atoms with Crippen molar-refractivity contribution in [2.24, 2.45) is 0 Å². The van der Waals surface area contributed by atoms with Crippen molar-refractivity contribution in [2.75, 3.05) is 7.11 Å². The summed E-state index contributed by atoms with van der Waals surface area (Å²) in [6, 6.07) is 10.2. The summed E-state index contributed by atoms with van der Waals surface area (Å²) >= 11 is 0. The quantitative estimate of drug-likeness (QED) is 0.490. The van der Waals surface area contributed by atoms with Crippen molar-refractivity contribution >= 4 is 11.8 Å². The Morgan fingerprint density at radius 1 is 1.00 bits per heavy atom. The van der Waals surface area contributed by atoms with Crippen LogP contribution < -0.4 is 9.47 Å². The molecular weight excluding hydrogens is 280 g/mol. The lowest BCUT2D eigenvalue weighted by Crippen LogP contribution is -2.12. The van der Waals surface area contributed by atoms with Gasteiger partial charge >= 0.3 is 5.97 Å². The zero-order valence-corrected chi connectivity index (χ0v) is 13.1. The Morgan fingerprint density at radius 2 is 1.64 bits per heavy atom. The number of carbonyl (C=O) groups is 2. The summed E-state index contributed by atoms with van der Waals surface area (Å²) in [6.45, 7) is 5.17. The van der Waals surface area contributed by atoms with E-state index in [1.165, 1.54) is 6.92 Å². The van der Waals surface area contributed by atoms with Crippen molar-refractivity contribution in [3.8, 4) is 11.5 Å². The number of hydrogen-bond donors (Lipinski definition) is 0. The summed E-state index contributed by atoms with van der Waals surface area (Å²) in [4.78, 5) is 24.0. The van der Waals surface area contributed by atoms with Crippen LogP contribution >= 0.6 is 0 Å². The lowest BCUT2D eigenvalue weighted by Gasteiger charge is -2.12. The number of rotatable bonds is 4. The number of ketones is 1. The Labute approximate surface area is 129 Å². The number of benzene rings is 2. The van der Waals surface area contributed by atoms with E-state index < -0.39 is 5.97 Å². The van der Waals surface area contributed by atoms with E-state index in [-0.39, 0.29) is 5.78 Å². The average Bonchev–Trinajstić information content (AvgIpc) is 2.49. The molecule has 0 aliphatic rings. The predicted octanol–water partition coefficient (Wildman–Crippen LogP) is 3.73. The third-order valence-electron chi connectivity index (χ3n) is 3.32. The van der Waals surface area contributed by atoms with Gasteiger partial charge < -0.3 is 9.47 Å². The summed E-state index contributed by atoms with van der Waals surface area (Å²) in [5.74, 6) is 0.341. The van der Waals surface area contributed by atoms with E-state index in [1.54, 1.807) is 37.4 Å². The van der Waals surface area contributed by atoms with E-state index in [4.69, 9.17) is 9.47 Å². The van der Waals surface area contributed by atoms with Gasteiger partial charge in [0.05, 0.1) is 18.2 Å². The lowest BCUT2D eigenvalue weighted by molar-refractivity contribution is 0.0731. The number of carbonyl (C=O) groups excluding carboxylic acids is 2. The maximum atomic E-state index is 12.3. The molecule has 22 heavy (non-hydrogen) atoms. The number of ether oxygens (including phenoxy) is 2. The van der Waals surface area contributed by atoms with Crippen LogP contribution in [0, 0.1) is 13.8 Å². The second-order valence-corrected chi connectivity index (χ2v) is 5.13. The Bertz CT molecular complexity index is 715. The fraction of sp³-hybridized carbons (Fsp3) is 0.222. The smallest absolute Gasteiger partial charge is 0.343 e. The summed E-state index contributed by atoms with van der Waals surface area (Å²) < 4.78 is 10.5. The van der Waals surface area contributed by atoms with E-state index in [9.17, 15) is 9.59 Å². The highest BCUT2D eigenvalue weighted by Gasteiger charge is 2.17. The number of hydrogen-bond acceptors (Lipinski definition) is 4. The Hall–Kier alpha value is -2.62. The Morgan fingerprint density at radius 3 is 2.18 bits per heavy atom. The molecule has 0 bridgehead atoms. The molecule has 4 heteroatoms. The second kappa shape index (κ2) is 6.43. The summed E-state index contributed by atoms with van der Waals surface area (Å²) in [7, 11) is 1.56. The van der Waals surface area contributed by atoms with Gasteiger partial charge in [-0.15, -0.1) is 0 Å². The van der Waals surface area contributed by atoms with Gasteiger partial charge in [-0.3, -0.25) is 4.79 Å². The van der Waals surface area contributed by atoms with Crippen LogP contribution in [0.15, 0.2) is 36.4 Å². The van der Waals surface area contributed by atoms with Crippen molar-refractivity contribution in [1.82, 2.24) is 0 Å². The van der Waals surface area contributed by atoms with Gasteiger partial charge in [-0.05, 0) is 62.2 Å². The fourth-order valence-electron chi connectivity index (χ4n) is 2.23. The molecule has 0 amide bonds. The minimum Gasteiger partial charge on any atom is -0.497 e. The molecule has 114 valence electrons. The summed E-state index contributed by atoms with van der Waals surface area (Å²) in [5, 5.41) is 0. The molecule has 0 N–H and O–H groups in total. The fourth-order valence-corrected chi connectivity index (χ4v) is 2.23. The molecule has 0 fully saturated rings. The monoisotopic (exact) mass is 298 g/mol. The summed E-state index contributed by atoms with van der Waals surface area (Å²) in [6.07, 6.45) is 0. The normalized spacial score (nSPS) is 10.2. The topological polar surface area (TPSA) is 52.6 Å². The molecule has 2 aromatic carbocycles. The van der Waals surface area contributed by atoms with Crippen LogP contribution in [0.5, 0.6) is 11.5 Å². The van der Waals surface area contributed by atoms with Gasteiger partial charge in [0, 0.05) is 0 Å². The molecule has 0 spiro atoms. The van der Waals surface area contributed by atoms with Crippen LogP contribution in [-0.2, 0) is 0 Å². The van der Waals surface area contributed by atoms with Crippen LogP contribution in [0.4, 0.5) is 0 Å². The van der Waals surface area contributed by atoms with Crippen molar-refractivity contribution in [3.05, 3.63) is 58.7 Å². The molecule has 2 aromatic rings. The van der Waals surface area contributed by atoms with Gasteiger partial charge in [0.1, 0.15) is 11.5 Å². The minimum atomic E-state index is -0.503. The van der Waals surface area contributed by atoms with Gasteiger partial charge in [-0.25, -0.2) is 4.79 Å². The molecule has 0 aliphatic heterocycles. The second-order valence-electron chi connectivity index (χ2n) is 5.13. The molecule has 0 radical (unpaired) electrons. The Kier molecular flexibility index (Phi) is 4.61. The van der Waals surface area contributed by atoms with Crippen molar-refractivity contribution in [2.45, 2.75) is 20.8 Å². The first kappa shape index (κ1) is 15.8. The third kappa shape index (κ3) is 3.34. The minimum absolute atomic E-state index is 0.135. The molecule has 0 heterocycles. The van der Waals surface area contributed by atoms with Gasteiger partial charge in [-0.1, -0.05) is 6.07 Å². The van der Waals surface area contributed by atoms with E-state index in [1.807, 2.05) is 19.9 Å². The van der Waals surface area contributed by atoms with E-state index >= 15 is 0 Å². The zero-order chi connectivity index (χ0) is 16.3. The van der Waals surface area contributed by atoms with Gasteiger partial charge in [0.25, 0.3) is 0 Å². The van der Waals surface area contributed by atoms with Crippen LogP contribution in [0.25, 0.3) is 0 Å². The lowest BCUT2D eigenvalue weighted by atomic mass is 10.0. The van der Waals surface area contributed by atoms with Crippen molar-refractivity contribution in [3.63, 3.8) is 0 Å². The van der Waals surface area contributed by atoms with Crippen LogP contribution in [-0.4, -0.2) is 18.9 Å². The average molecular weight is 298 g/mol. The number of aryl methyl sites for hydroxylation is 2. The molecule has 4 nitrogen and oxygen atoms in total. The van der Waals surface area contributed by atoms with Gasteiger partial charge in [-0.2, -0.15) is 0 Å². The third-order valence-corrected chi connectivity index (χ3v) is 3.32.